The van der Waals surface area contributed by atoms with Crippen molar-refractivity contribution >= 4 is 33.2 Å². The quantitative estimate of drug-likeness (QED) is 0.504. The van der Waals surface area contributed by atoms with Gasteiger partial charge in [0.05, 0.1) is 17.8 Å². The van der Waals surface area contributed by atoms with Crippen LogP contribution in [0.25, 0.3) is 11.3 Å². The third-order valence-corrected chi connectivity index (χ3v) is 4.93. The zero-order valence-corrected chi connectivity index (χ0v) is 16.7. The van der Waals surface area contributed by atoms with E-state index < -0.39 is 0 Å². The summed E-state index contributed by atoms with van der Waals surface area (Å²) in [6, 6.07) is 6.93. The predicted molar refractivity (Wildman–Crippen MR) is 107 cm³/mol. The molecule has 10 heteroatoms. The molecule has 0 saturated carbocycles. The van der Waals surface area contributed by atoms with E-state index in [4.69, 9.17) is 0 Å². The zero-order chi connectivity index (χ0) is 19.8. The normalized spacial score (nSPS) is 11.1. The number of aromatic amines is 1. The summed E-state index contributed by atoms with van der Waals surface area (Å²) in [5.41, 5.74) is 3.83. The number of anilines is 1. The van der Waals surface area contributed by atoms with Crippen LogP contribution in [0.5, 0.6) is 0 Å². The van der Waals surface area contributed by atoms with Gasteiger partial charge in [-0.3, -0.25) is 14.7 Å². The number of hydrogen-bond acceptors (Lipinski definition) is 5. The van der Waals surface area contributed by atoms with Crippen LogP contribution < -0.4 is 10.9 Å². The van der Waals surface area contributed by atoms with Gasteiger partial charge in [-0.1, -0.05) is 15.9 Å². The average Bonchev–Trinajstić information content (AvgIpc) is 3.28. The number of aromatic nitrogens is 6. The number of amides is 1. The number of fused-ring (bicyclic) bond motifs is 1. The Bertz CT molecular complexity index is 1240. The van der Waals surface area contributed by atoms with E-state index >= 15 is 0 Å². The van der Waals surface area contributed by atoms with Gasteiger partial charge in [-0.15, -0.1) is 0 Å². The third kappa shape index (κ3) is 3.33. The Morgan fingerprint density at radius 3 is 2.86 bits per heavy atom. The highest BCUT2D eigenvalue weighted by Gasteiger charge is 2.16. The molecule has 0 unspecified atom stereocenters. The number of hydrogen-bond donors (Lipinski definition) is 2. The van der Waals surface area contributed by atoms with Crippen LogP contribution in [0.15, 0.2) is 46.2 Å². The average molecular weight is 442 g/mol. The van der Waals surface area contributed by atoms with Crippen molar-refractivity contribution in [2.75, 3.05) is 5.32 Å². The molecule has 4 rings (SSSR count). The molecule has 0 spiro atoms. The lowest BCUT2D eigenvalue weighted by atomic mass is 10.1. The summed E-state index contributed by atoms with van der Waals surface area (Å²) in [5, 5.41) is 9.75. The molecule has 0 aliphatic carbocycles. The van der Waals surface area contributed by atoms with Gasteiger partial charge < -0.3 is 5.32 Å². The topological polar surface area (TPSA) is 110 Å². The molecule has 28 heavy (non-hydrogen) atoms. The molecule has 0 aliphatic heterocycles. The minimum atomic E-state index is -0.233. The summed E-state index contributed by atoms with van der Waals surface area (Å²) in [6.07, 6.45) is 3.11. The number of H-pyrrole nitrogens is 1. The first kappa shape index (κ1) is 18.1. The Kier molecular flexibility index (Phi) is 4.55. The number of carbonyl (C=O) groups is 1. The van der Waals surface area contributed by atoms with Crippen LogP contribution in [0.1, 0.15) is 17.0 Å². The maximum Gasteiger partial charge on any atom is 0.266 e. The molecule has 1 aromatic carbocycles. The fourth-order valence-electron chi connectivity index (χ4n) is 3.11. The van der Waals surface area contributed by atoms with E-state index in [2.05, 4.69) is 41.4 Å². The maximum atomic E-state index is 12.8. The van der Waals surface area contributed by atoms with Gasteiger partial charge >= 0.3 is 0 Å². The molecule has 4 aromatic rings. The van der Waals surface area contributed by atoms with Crippen LogP contribution in [-0.2, 0) is 11.2 Å². The molecule has 0 radical (unpaired) electrons. The van der Waals surface area contributed by atoms with Crippen molar-refractivity contribution in [2.24, 2.45) is 0 Å². The molecule has 2 N–H and O–H groups in total. The van der Waals surface area contributed by atoms with Gasteiger partial charge in [-0.25, -0.2) is 19.2 Å². The second-order valence-corrected chi connectivity index (χ2v) is 7.22. The second-order valence-electron chi connectivity index (χ2n) is 6.30. The fraction of sp³-hybridized carbons (Fsp3) is 0.167. The third-order valence-electron chi connectivity index (χ3n) is 4.44. The molecule has 9 nitrogen and oxygen atoms in total. The van der Waals surface area contributed by atoms with E-state index in [1.54, 1.807) is 21.6 Å². The van der Waals surface area contributed by atoms with Crippen LogP contribution in [0.4, 0.5) is 5.69 Å². The first-order valence-corrected chi connectivity index (χ1v) is 9.24. The minimum Gasteiger partial charge on any atom is -0.324 e. The summed E-state index contributed by atoms with van der Waals surface area (Å²) in [6.45, 7) is 3.67. The van der Waals surface area contributed by atoms with Crippen molar-refractivity contribution in [3.63, 3.8) is 0 Å². The van der Waals surface area contributed by atoms with Crippen molar-refractivity contribution in [1.82, 2.24) is 29.4 Å². The minimum absolute atomic E-state index is 0.115. The number of benzene rings is 1. The van der Waals surface area contributed by atoms with Crippen LogP contribution in [-0.4, -0.2) is 35.3 Å². The smallest absolute Gasteiger partial charge is 0.266 e. The summed E-state index contributed by atoms with van der Waals surface area (Å²) in [4.78, 5) is 32.7. The van der Waals surface area contributed by atoms with E-state index in [1.807, 2.05) is 26.0 Å². The van der Waals surface area contributed by atoms with E-state index in [9.17, 15) is 9.59 Å². The van der Waals surface area contributed by atoms with Crippen molar-refractivity contribution in [3.05, 3.63) is 68.7 Å². The lowest BCUT2D eigenvalue weighted by molar-refractivity contribution is -0.115. The highest BCUT2D eigenvalue weighted by molar-refractivity contribution is 9.10. The van der Waals surface area contributed by atoms with Gasteiger partial charge in [0, 0.05) is 27.5 Å². The van der Waals surface area contributed by atoms with Crippen molar-refractivity contribution in [1.29, 1.82) is 0 Å². The molecule has 0 aliphatic rings. The SMILES string of the molecule is Cc1nc2cc(=O)[nH]n2c(C)c1CC(=O)Nc1cc(Br)ccc1-n1cncn1. The highest BCUT2D eigenvalue weighted by Crippen LogP contribution is 2.25. The largest absolute Gasteiger partial charge is 0.324 e. The molecular formula is C18H16BrN7O2. The molecule has 0 saturated heterocycles. The van der Waals surface area contributed by atoms with E-state index in [1.165, 1.54) is 12.4 Å². The first-order chi connectivity index (χ1) is 13.4. The van der Waals surface area contributed by atoms with Crippen molar-refractivity contribution < 1.29 is 4.79 Å². The van der Waals surface area contributed by atoms with Gasteiger partial charge in [-0.05, 0) is 32.0 Å². The number of rotatable bonds is 4. The first-order valence-electron chi connectivity index (χ1n) is 8.44. The fourth-order valence-corrected chi connectivity index (χ4v) is 3.47. The van der Waals surface area contributed by atoms with Crippen molar-refractivity contribution in [2.45, 2.75) is 20.3 Å². The van der Waals surface area contributed by atoms with E-state index in [0.717, 1.165) is 15.7 Å². The molecular weight excluding hydrogens is 426 g/mol. The van der Waals surface area contributed by atoms with Gasteiger partial charge in [0.2, 0.25) is 5.91 Å². The highest BCUT2D eigenvalue weighted by atomic mass is 79.9. The van der Waals surface area contributed by atoms with Crippen LogP contribution >= 0.6 is 15.9 Å². The summed E-state index contributed by atoms with van der Waals surface area (Å²) in [5.74, 6) is -0.207. The Hall–Kier alpha value is -3.27. The number of halogens is 1. The summed E-state index contributed by atoms with van der Waals surface area (Å²) >= 11 is 3.43. The van der Waals surface area contributed by atoms with E-state index in [0.29, 0.717) is 22.7 Å². The lowest BCUT2D eigenvalue weighted by Crippen LogP contribution is -2.19. The van der Waals surface area contributed by atoms with Crippen LogP contribution in [0.2, 0.25) is 0 Å². The summed E-state index contributed by atoms with van der Waals surface area (Å²) in [7, 11) is 0. The number of aryl methyl sites for hydroxylation is 2. The number of nitrogens with zero attached hydrogens (tertiary/aromatic N) is 5. The van der Waals surface area contributed by atoms with E-state index in [-0.39, 0.29) is 17.9 Å². The van der Waals surface area contributed by atoms with Gasteiger partial charge in [0.25, 0.3) is 5.56 Å². The monoisotopic (exact) mass is 441 g/mol. The Balaban J connectivity index is 1.65. The standard InChI is InChI=1S/C18H16BrN7O2/c1-10-13(11(2)26-16(22-10)7-18(28)24-26)6-17(27)23-14-5-12(19)3-4-15(14)25-9-20-8-21-25/h3-5,7-9H,6H2,1-2H3,(H,23,27)(H,24,28). The van der Waals surface area contributed by atoms with Crippen LogP contribution in [0.3, 0.4) is 0 Å². The zero-order valence-electron chi connectivity index (χ0n) is 15.1. The number of carbonyl (C=O) groups excluding carboxylic acids is 1. The molecule has 1 amide bonds. The number of nitrogens with one attached hydrogen (secondary N) is 2. The molecule has 142 valence electrons. The Labute approximate surface area is 167 Å². The molecule has 0 fully saturated rings. The Morgan fingerprint density at radius 2 is 2.11 bits per heavy atom. The van der Waals surface area contributed by atoms with Gasteiger partial charge in [0.15, 0.2) is 5.65 Å². The molecule has 0 bridgehead atoms. The molecule has 0 atom stereocenters. The predicted octanol–water partition coefficient (Wildman–Crippen LogP) is 2.16. The Morgan fingerprint density at radius 1 is 1.29 bits per heavy atom. The lowest BCUT2D eigenvalue weighted by Gasteiger charge is -2.14. The summed E-state index contributed by atoms with van der Waals surface area (Å²) < 4.78 is 4.00. The molecule has 3 heterocycles. The molecule has 3 aromatic heterocycles. The van der Waals surface area contributed by atoms with Crippen molar-refractivity contribution in [3.8, 4) is 5.69 Å². The second kappa shape index (κ2) is 7.04. The maximum absolute atomic E-state index is 12.8. The van der Waals surface area contributed by atoms with Crippen LogP contribution in [0, 0.1) is 13.8 Å². The van der Waals surface area contributed by atoms with Gasteiger partial charge in [0.1, 0.15) is 12.7 Å². The van der Waals surface area contributed by atoms with Gasteiger partial charge in [-0.2, -0.15) is 5.10 Å².